The van der Waals surface area contributed by atoms with Crippen molar-refractivity contribution in [1.82, 2.24) is 25.2 Å². The Bertz CT molecular complexity index is 1160. The average molecular weight is 480 g/mol. The topological polar surface area (TPSA) is 102 Å². The maximum atomic E-state index is 13.8. The molecule has 1 aliphatic carbocycles. The van der Waals surface area contributed by atoms with Crippen molar-refractivity contribution in [2.75, 3.05) is 13.2 Å². The maximum Gasteiger partial charge on any atom is 0.250 e. The van der Waals surface area contributed by atoms with E-state index in [2.05, 4.69) is 15.6 Å². The van der Waals surface area contributed by atoms with Crippen LogP contribution in [0, 0.1) is 6.92 Å². The van der Waals surface area contributed by atoms with Crippen molar-refractivity contribution in [3.63, 3.8) is 0 Å². The summed E-state index contributed by atoms with van der Waals surface area (Å²) in [6.07, 6.45) is 7.00. The van der Waals surface area contributed by atoms with Gasteiger partial charge in [-0.05, 0) is 56.9 Å². The molecule has 1 saturated heterocycles. The van der Waals surface area contributed by atoms with Gasteiger partial charge in [-0.1, -0.05) is 36.6 Å². The van der Waals surface area contributed by atoms with Gasteiger partial charge in [-0.25, -0.2) is 4.68 Å². The van der Waals surface area contributed by atoms with E-state index in [-0.39, 0.29) is 30.5 Å². The summed E-state index contributed by atoms with van der Waals surface area (Å²) in [5.41, 5.74) is 1.49. The van der Waals surface area contributed by atoms with E-state index in [0.717, 1.165) is 49.6 Å². The van der Waals surface area contributed by atoms with Crippen LogP contribution in [0.2, 0.25) is 0 Å². The van der Waals surface area contributed by atoms with Gasteiger partial charge >= 0.3 is 0 Å². The second-order valence-corrected chi connectivity index (χ2v) is 9.61. The summed E-state index contributed by atoms with van der Waals surface area (Å²) in [4.78, 5) is 29.1. The van der Waals surface area contributed by atoms with Crippen LogP contribution in [-0.4, -0.2) is 57.0 Å². The summed E-state index contributed by atoms with van der Waals surface area (Å²) in [5.74, 6) is 0.725. The Hall–Kier alpha value is -3.20. The van der Waals surface area contributed by atoms with Crippen molar-refractivity contribution < 1.29 is 18.7 Å². The molecule has 5 rings (SSSR count). The third-order valence-electron chi connectivity index (χ3n) is 6.99. The third kappa shape index (κ3) is 5.40. The molecule has 9 heteroatoms. The zero-order valence-electron chi connectivity index (χ0n) is 20.2. The largest absolute Gasteiger partial charge is 0.464 e. The van der Waals surface area contributed by atoms with E-state index in [9.17, 15) is 9.59 Å². The molecule has 0 spiro atoms. The van der Waals surface area contributed by atoms with Crippen LogP contribution in [0.3, 0.4) is 0 Å². The zero-order valence-corrected chi connectivity index (χ0v) is 20.2. The maximum absolute atomic E-state index is 13.8. The van der Waals surface area contributed by atoms with Crippen LogP contribution in [0.25, 0.3) is 11.0 Å². The summed E-state index contributed by atoms with van der Waals surface area (Å²) in [6.45, 7) is 2.79. The van der Waals surface area contributed by atoms with E-state index in [0.29, 0.717) is 24.7 Å². The van der Waals surface area contributed by atoms with Crippen molar-refractivity contribution in [3.05, 3.63) is 47.9 Å². The van der Waals surface area contributed by atoms with Crippen molar-refractivity contribution in [1.29, 1.82) is 0 Å². The van der Waals surface area contributed by atoms with E-state index in [1.165, 1.54) is 6.42 Å². The van der Waals surface area contributed by atoms with E-state index in [4.69, 9.17) is 9.15 Å². The van der Waals surface area contributed by atoms with Crippen LogP contribution in [0.4, 0.5) is 0 Å². The van der Waals surface area contributed by atoms with Gasteiger partial charge < -0.3 is 19.4 Å². The summed E-state index contributed by atoms with van der Waals surface area (Å²) in [7, 11) is 0. The number of aryl methyl sites for hydroxylation is 1. The average Bonchev–Trinajstić information content (AvgIpc) is 3.62. The van der Waals surface area contributed by atoms with Gasteiger partial charge in [-0.3, -0.25) is 9.59 Å². The Morgan fingerprint density at radius 2 is 1.94 bits per heavy atom. The molecule has 35 heavy (non-hydrogen) atoms. The van der Waals surface area contributed by atoms with Gasteiger partial charge in [0.1, 0.15) is 23.6 Å². The lowest BCUT2D eigenvalue weighted by molar-refractivity contribution is -0.144. The first-order valence-electron chi connectivity index (χ1n) is 12.6. The number of aromatic nitrogens is 3. The van der Waals surface area contributed by atoms with Gasteiger partial charge in [0, 0.05) is 19.2 Å². The van der Waals surface area contributed by atoms with Gasteiger partial charge in [0.25, 0.3) is 5.91 Å². The van der Waals surface area contributed by atoms with E-state index in [1.54, 1.807) is 15.6 Å². The van der Waals surface area contributed by atoms with Crippen LogP contribution in [-0.2, 0) is 20.9 Å². The first-order chi connectivity index (χ1) is 17.1. The van der Waals surface area contributed by atoms with Crippen LogP contribution < -0.4 is 5.32 Å². The Morgan fingerprint density at radius 1 is 1.11 bits per heavy atom. The van der Waals surface area contributed by atoms with Crippen LogP contribution in [0.1, 0.15) is 62.5 Å². The number of benzene rings is 1. The SMILES string of the molecule is Cc1ccc(C(C(=O)NC2CCCCC2)N(CC2CCCO2)C(=O)Cn2nnc3ccccc32)o1. The molecule has 9 nitrogen and oxygen atoms in total. The highest BCUT2D eigenvalue weighted by molar-refractivity contribution is 5.89. The van der Waals surface area contributed by atoms with E-state index in [1.807, 2.05) is 37.3 Å². The Labute approximate surface area is 204 Å². The first kappa shape index (κ1) is 23.5. The van der Waals surface area contributed by atoms with Crippen LogP contribution >= 0.6 is 0 Å². The molecule has 1 aromatic carbocycles. The zero-order chi connectivity index (χ0) is 24.2. The number of nitrogens with zero attached hydrogens (tertiary/aromatic N) is 4. The molecule has 1 N–H and O–H groups in total. The number of fused-ring (bicyclic) bond motifs is 1. The third-order valence-corrected chi connectivity index (χ3v) is 6.99. The van der Waals surface area contributed by atoms with Crippen molar-refractivity contribution in [2.24, 2.45) is 0 Å². The van der Waals surface area contributed by atoms with Gasteiger partial charge in [0.2, 0.25) is 5.91 Å². The number of hydrogen-bond acceptors (Lipinski definition) is 6. The molecule has 3 heterocycles. The first-order valence-corrected chi connectivity index (χ1v) is 12.6. The van der Waals surface area contributed by atoms with Crippen LogP contribution in [0.15, 0.2) is 40.8 Å². The van der Waals surface area contributed by atoms with Gasteiger partial charge in [-0.2, -0.15) is 0 Å². The number of amides is 2. The molecule has 1 aliphatic heterocycles. The Kier molecular flexibility index (Phi) is 7.13. The minimum absolute atomic E-state index is 0.0276. The molecule has 0 radical (unpaired) electrons. The highest BCUT2D eigenvalue weighted by Crippen LogP contribution is 2.28. The predicted octanol–water partition coefficient (Wildman–Crippen LogP) is 3.53. The normalized spacial score (nSPS) is 19.6. The Balaban J connectivity index is 1.45. The fourth-order valence-corrected chi connectivity index (χ4v) is 5.16. The lowest BCUT2D eigenvalue weighted by Crippen LogP contribution is -2.49. The lowest BCUT2D eigenvalue weighted by atomic mass is 9.95. The number of nitrogens with one attached hydrogen (secondary N) is 1. The monoisotopic (exact) mass is 479 g/mol. The molecule has 2 amide bonds. The fraction of sp³-hybridized carbons (Fsp3) is 0.538. The van der Waals surface area contributed by atoms with Gasteiger partial charge in [0.05, 0.1) is 11.6 Å². The number of carbonyl (C=O) groups is 2. The van der Waals surface area contributed by atoms with Gasteiger partial charge in [-0.15, -0.1) is 5.10 Å². The van der Waals surface area contributed by atoms with E-state index < -0.39 is 6.04 Å². The number of rotatable bonds is 8. The molecule has 186 valence electrons. The number of ether oxygens (including phenoxy) is 1. The molecule has 1 saturated carbocycles. The molecule has 2 aliphatic rings. The van der Waals surface area contributed by atoms with Crippen molar-refractivity contribution >= 4 is 22.8 Å². The number of carbonyl (C=O) groups excluding carboxylic acids is 2. The summed E-state index contributed by atoms with van der Waals surface area (Å²) < 4.78 is 13.4. The Morgan fingerprint density at radius 3 is 2.69 bits per heavy atom. The molecule has 2 atom stereocenters. The fourth-order valence-electron chi connectivity index (χ4n) is 5.16. The molecule has 2 unspecified atom stereocenters. The molecule has 3 aromatic rings. The lowest BCUT2D eigenvalue weighted by Gasteiger charge is -2.33. The second-order valence-electron chi connectivity index (χ2n) is 9.61. The molecular weight excluding hydrogens is 446 g/mol. The predicted molar refractivity (Wildman–Crippen MR) is 129 cm³/mol. The summed E-state index contributed by atoms with van der Waals surface area (Å²) in [6, 6.07) is 10.4. The van der Waals surface area contributed by atoms with Crippen molar-refractivity contribution in [3.8, 4) is 0 Å². The minimum Gasteiger partial charge on any atom is -0.464 e. The van der Waals surface area contributed by atoms with E-state index >= 15 is 0 Å². The second kappa shape index (κ2) is 10.6. The number of furan rings is 1. The summed E-state index contributed by atoms with van der Waals surface area (Å²) >= 11 is 0. The molecule has 2 aromatic heterocycles. The minimum atomic E-state index is -0.878. The number of hydrogen-bond donors (Lipinski definition) is 1. The highest BCUT2D eigenvalue weighted by Gasteiger charge is 2.37. The smallest absolute Gasteiger partial charge is 0.250 e. The summed E-state index contributed by atoms with van der Waals surface area (Å²) in [5, 5.41) is 11.6. The van der Waals surface area contributed by atoms with Gasteiger partial charge in [0.15, 0.2) is 6.04 Å². The number of para-hydroxylation sites is 1. The molecule has 2 fully saturated rings. The highest BCUT2D eigenvalue weighted by atomic mass is 16.5. The molecule has 0 bridgehead atoms. The van der Waals surface area contributed by atoms with Crippen molar-refractivity contribution in [2.45, 2.75) is 76.6 Å². The quantitative estimate of drug-likeness (QED) is 0.530. The standard InChI is InChI=1S/C26H33N5O4/c1-18-13-14-23(35-18)25(26(33)27-19-8-3-2-4-9-19)30(16-20-10-7-15-34-20)24(32)17-31-22-12-6-5-11-21(22)28-29-31/h5-6,11-14,19-20,25H,2-4,7-10,15-17H2,1H3,(H,27,33). The molecular formula is C26H33N5O4. The van der Waals surface area contributed by atoms with Crippen LogP contribution in [0.5, 0.6) is 0 Å².